The third kappa shape index (κ3) is 4.56. The normalized spacial score (nSPS) is 21.6. The fourth-order valence-corrected chi connectivity index (χ4v) is 3.60. The highest BCUT2D eigenvalue weighted by Gasteiger charge is 2.23. The van der Waals surface area contributed by atoms with Crippen molar-refractivity contribution >= 4 is 6.03 Å². The largest absolute Gasteiger partial charge is 0.497 e. The SMILES string of the molecule is COc1ccc2c(c1)C[C@@H](NC(=O)NC1CCCCCCC1)CO2. The second-order valence-electron chi connectivity index (χ2n) is 6.85. The summed E-state index contributed by atoms with van der Waals surface area (Å²) in [5.74, 6) is 1.70. The number of nitrogens with one attached hydrogen (secondary N) is 2. The Bertz CT molecular complexity index is 554. The van der Waals surface area contributed by atoms with Crippen LogP contribution in [0.5, 0.6) is 11.5 Å². The Morgan fingerprint density at radius 2 is 1.79 bits per heavy atom. The molecule has 0 unspecified atom stereocenters. The van der Waals surface area contributed by atoms with Crippen LogP contribution in [0.25, 0.3) is 0 Å². The molecule has 1 aromatic rings. The molecule has 2 N–H and O–H groups in total. The quantitative estimate of drug-likeness (QED) is 0.892. The summed E-state index contributed by atoms with van der Waals surface area (Å²) in [6.07, 6.45) is 9.29. The Morgan fingerprint density at radius 3 is 2.54 bits per heavy atom. The van der Waals surface area contributed by atoms with Crippen molar-refractivity contribution in [1.29, 1.82) is 0 Å². The number of methoxy groups -OCH3 is 1. The highest BCUT2D eigenvalue weighted by molar-refractivity contribution is 5.74. The number of amides is 2. The lowest BCUT2D eigenvalue weighted by molar-refractivity contribution is 0.209. The maximum atomic E-state index is 12.3. The van der Waals surface area contributed by atoms with Gasteiger partial charge < -0.3 is 20.1 Å². The van der Waals surface area contributed by atoms with Crippen molar-refractivity contribution < 1.29 is 14.3 Å². The Balaban J connectivity index is 1.51. The molecule has 2 amide bonds. The van der Waals surface area contributed by atoms with Gasteiger partial charge in [0.05, 0.1) is 13.2 Å². The third-order valence-corrected chi connectivity index (χ3v) is 4.95. The molecule has 1 aliphatic heterocycles. The van der Waals surface area contributed by atoms with Crippen LogP contribution in [0.1, 0.15) is 50.5 Å². The molecule has 5 nitrogen and oxygen atoms in total. The van der Waals surface area contributed by atoms with Gasteiger partial charge in [-0.2, -0.15) is 0 Å². The van der Waals surface area contributed by atoms with E-state index in [1.807, 2.05) is 18.2 Å². The first-order valence-corrected chi connectivity index (χ1v) is 9.11. The number of hydrogen-bond acceptors (Lipinski definition) is 3. The maximum absolute atomic E-state index is 12.3. The van der Waals surface area contributed by atoms with Crippen LogP contribution in [0.15, 0.2) is 18.2 Å². The molecular weight excluding hydrogens is 304 g/mol. The van der Waals surface area contributed by atoms with Gasteiger partial charge in [-0.15, -0.1) is 0 Å². The van der Waals surface area contributed by atoms with E-state index in [9.17, 15) is 4.79 Å². The first kappa shape index (κ1) is 16.9. The lowest BCUT2D eigenvalue weighted by atomic mass is 9.97. The van der Waals surface area contributed by atoms with E-state index in [2.05, 4.69) is 10.6 Å². The van der Waals surface area contributed by atoms with Gasteiger partial charge in [-0.3, -0.25) is 0 Å². The van der Waals surface area contributed by atoms with Crippen LogP contribution in [0.4, 0.5) is 4.79 Å². The zero-order valence-corrected chi connectivity index (χ0v) is 14.5. The van der Waals surface area contributed by atoms with Crippen molar-refractivity contribution in [2.75, 3.05) is 13.7 Å². The summed E-state index contributed by atoms with van der Waals surface area (Å²) >= 11 is 0. The van der Waals surface area contributed by atoms with Crippen LogP contribution in [0.2, 0.25) is 0 Å². The van der Waals surface area contributed by atoms with Crippen molar-refractivity contribution in [1.82, 2.24) is 10.6 Å². The van der Waals surface area contributed by atoms with Gasteiger partial charge in [-0.1, -0.05) is 32.1 Å². The van der Waals surface area contributed by atoms with Gasteiger partial charge in [0.15, 0.2) is 0 Å². The predicted octanol–water partition coefficient (Wildman–Crippen LogP) is 3.41. The van der Waals surface area contributed by atoms with Crippen molar-refractivity contribution in [3.63, 3.8) is 0 Å². The van der Waals surface area contributed by atoms with Crippen molar-refractivity contribution in [3.8, 4) is 11.5 Å². The topological polar surface area (TPSA) is 59.6 Å². The number of carbonyl (C=O) groups is 1. The Kier molecular flexibility index (Phi) is 5.83. The third-order valence-electron chi connectivity index (χ3n) is 4.95. The van der Waals surface area contributed by atoms with Gasteiger partial charge in [0, 0.05) is 6.04 Å². The molecule has 2 aliphatic rings. The fourth-order valence-electron chi connectivity index (χ4n) is 3.60. The van der Waals surface area contributed by atoms with Gasteiger partial charge in [0.25, 0.3) is 0 Å². The van der Waals surface area contributed by atoms with E-state index >= 15 is 0 Å². The standard InChI is InChI=1S/C19H28N2O3/c1-23-17-9-10-18-14(12-17)11-16(13-24-18)21-19(22)20-15-7-5-3-2-4-6-8-15/h9-10,12,15-16H,2-8,11,13H2,1H3,(H2,20,21,22)/t16-/m1/s1. The molecule has 0 spiro atoms. The van der Waals surface area contributed by atoms with Crippen LogP contribution in [-0.4, -0.2) is 31.8 Å². The molecule has 0 bridgehead atoms. The molecule has 1 fully saturated rings. The average Bonchev–Trinajstić information content (AvgIpc) is 2.56. The average molecular weight is 332 g/mol. The smallest absolute Gasteiger partial charge is 0.315 e. The van der Waals surface area contributed by atoms with E-state index in [1.165, 1.54) is 32.1 Å². The predicted molar refractivity (Wildman–Crippen MR) is 93.8 cm³/mol. The van der Waals surface area contributed by atoms with Crippen LogP contribution in [0.3, 0.4) is 0 Å². The van der Waals surface area contributed by atoms with Crippen molar-refractivity contribution in [3.05, 3.63) is 23.8 Å². The number of rotatable bonds is 3. The zero-order valence-electron chi connectivity index (χ0n) is 14.5. The summed E-state index contributed by atoms with van der Waals surface area (Å²) in [5.41, 5.74) is 1.08. The summed E-state index contributed by atoms with van der Waals surface area (Å²) < 4.78 is 11.0. The lowest BCUT2D eigenvalue weighted by Crippen LogP contribution is -2.50. The molecule has 1 heterocycles. The fraction of sp³-hybridized carbons (Fsp3) is 0.632. The Hall–Kier alpha value is -1.91. The molecule has 24 heavy (non-hydrogen) atoms. The number of benzene rings is 1. The van der Waals surface area contributed by atoms with E-state index in [0.29, 0.717) is 12.6 Å². The molecular formula is C19H28N2O3. The number of urea groups is 1. The second kappa shape index (κ2) is 8.27. The molecule has 5 heteroatoms. The van der Waals surface area contributed by atoms with Crippen LogP contribution >= 0.6 is 0 Å². The molecule has 0 saturated heterocycles. The van der Waals surface area contributed by atoms with Gasteiger partial charge in [-0.25, -0.2) is 4.79 Å². The molecule has 0 aromatic heterocycles. The lowest BCUT2D eigenvalue weighted by Gasteiger charge is -2.28. The minimum Gasteiger partial charge on any atom is -0.497 e. The minimum absolute atomic E-state index is 0.00170. The summed E-state index contributed by atoms with van der Waals surface area (Å²) in [5, 5.41) is 6.21. The number of hydrogen-bond donors (Lipinski definition) is 2. The van der Waals surface area contributed by atoms with E-state index in [4.69, 9.17) is 9.47 Å². The van der Waals surface area contributed by atoms with Crippen LogP contribution < -0.4 is 20.1 Å². The highest BCUT2D eigenvalue weighted by atomic mass is 16.5. The number of fused-ring (bicyclic) bond motifs is 1. The maximum Gasteiger partial charge on any atom is 0.315 e. The molecule has 1 aliphatic carbocycles. The molecule has 0 radical (unpaired) electrons. The van der Waals surface area contributed by atoms with Crippen molar-refractivity contribution in [2.45, 2.75) is 63.5 Å². The summed E-state index contributed by atoms with van der Waals surface area (Å²) in [7, 11) is 1.66. The Morgan fingerprint density at radius 1 is 1.08 bits per heavy atom. The van der Waals surface area contributed by atoms with Crippen molar-refractivity contribution in [2.24, 2.45) is 0 Å². The first-order valence-electron chi connectivity index (χ1n) is 9.11. The zero-order chi connectivity index (χ0) is 16.8. The van der Waals surface area contributed by atoms with E-state index in [-0.39, 0.29) is 12.1 Å². The molecule has 1 aromatic carbocycles. The van der Waals surface area contributed by atoms with Gasteiger partial charge in [0.2, 0.25) is 0 Å². The molecule has 1 atom stereocenters. The van der Waals surface area contributed by atoms with E-state index in [0.717, 1.165) is 36.3 Å². The summed E-state index contributed by atoms with van der Waals surface area (Å²) in [6, 6.07) is 6.05. The van der Waals surface area contributed by atoms with Crippen LogP contribution in [0, 0.1) is 0 Å². The van der Waals surface area contributed by atoms with Gasteiger partial charge >= 0.3 is 6.03 Å². The molecule has 132 valence electrons. The van der Waals surface area contributed by atoms with E-state index < -0.39 is 0 Å². The van der Waals surface area contributed by atoms with E-state index in [1.54, 1.807) is 7.11 Å². The number of ether oxygens (including phenoxy) is 2. The monoisotopic (exact) mass is 332 g/mol. The summed E-state index contributed by atoms with van der Waals surface area (Å²) in [4.78, 5) is 12.3. The van der Waals surface area contributed by atoms with Gasteiger partial charge in [-0.05, 0) is 43.0 Å². The molecule has 3 rings (SSSR count). The highest BCUT2D eigenvalue weighted by Crippen LogP contribution is 2.28. The number of carbonyl (C=O) groups excluding carboxylic acids is 1. The Labute approximate surface area is 144 Å². The minimum atomic E-state index is -0.0690. The second-order valence-corrected chi connectivity index (χ2v) is 6.85. The van der Waals surface area contributed by atoms with Crippen LogP contribution in [-0.2, 0) is 6.42 Å². The van der Waals surface area contributed by atoms with Gasteiger partial charge in [0.1, 0.15) is 18.1 Å². The molecule has 1 saturated carbocycles. The first-order chi connectivity index (χ1) is 11.7. The summed E-state index contributed by atoms with van der Waals surface area (Å²) in [6.45, 7) is 0.511.